The Morgan fingerprint density at radius 3 is 2.56 bits per heavy atom. The Morgan fingerprint density at radius 2 is 1.85 bits per heavy atom. The first kappa shape index (κ1) is 17.5. The van der Waals surface area contributed by atoms with Crippen LogP contribution >= 0.6 is 24.0 Å². The summed E-state index contributed by atoms with van der Waals surface area (Å²) in [6, 6.07) is 13.9. The van der Waals surface area contributed by atoms with Crippen molar-refractivity contribution in [2.45, 2.75) is 0 Å². The number of anilines is 1. The lowest BCUT2D eigenvalue weighted by Gasteiger charge is -2.15. The smallest absolute Gasteiger partial charge is 0.270 e. The maximum absolute atomic E-state index is 12.9. The lowest BCUT2D eigenvalue weighted by molar-refractivity contribution is -0.255. The Balaban J connectivity index is 1.70. The fourth-order valence-electron chi connectivity index (χ4n) is 3.07. The molecule has 1 aromatic heterocycles. The van der Waals surface area contributed by atoms with E-state index >= 15 is 0 Å². The minimum atomic E-state index is -1.26. The van der Waals surface area contributed by atoms with Crippen LogP contribution in [-0.2, 0) is 11.8 Å². The highest BCUT2D eigenvalue weighted by Gasteiger charge is 2.33. The zero-order valence-electron chi connectivity index (χ0n) is 14.2. The van der Waals surface area contributed by atoms with Gasteiger partial charge < -0.3 is 14.5 Å². The number of rotatable bonds is 3. The van der Waals surface area contributed by atoms with Crippen molar-refractivity contribution in [2.24, 2.45) is 7.05 Å². The summed E-state index contributed by atoms with van der Waals surface area (Å²) < 4.78 is 2.42. The van der Waals surface area contributed by atoms with Crippen LogP contribution < -0.4 is 10.0 Å². The molecule has 5 nitrogen and oxygen atoms in total. The van der Waals surface area contributed by atoms with Gasteiger partial charge in [0.1, 0.15) is 0 Å². The van der Waals surface area contributed by atoms with Gasteiger partial charge in [0, 0.05) is 29.7 Å². The summed E-state index contributed by atoms with van der Waals surface area (Å²) in [6.45, 7) is 0. The Morgan fingerprint density at radius 1 is 1.15 bits per heavy atom. The molecule has 1 saturated heterocycles. The molecule has 1 fully saturated rings. The van der Waals surface area contributed by atoms with Crippen LogP contribution in [0.4, 0.5) is 5.69 Å². The fraction of sp³-hybridized carbons (Fsp3) is 0.0500. The number of carbonyl (C=O) groups is 2. The third-order valence-corrected chi connectivity index (χ3v) is 5.67. The summed E-state index contributed by atoms with van der Waals surface area (Å²) in [7, 11) is 1.96. The van der Waals surface area contributed by atoms with Gasteiger partial charge in [-0.1, -0.05) is 54.3 Å². The lowest BCUT2D eigenvalue weighted by Crippen LogP contribution is -2.28. The van der Waals surface area contributed by atoms with Gasteiger partial charge in [0.2, 0.25) is 0 Å². The van der Waals surface area contributed by atoms with E-state index in [-0.39, 0.29) is 11.5 Å². The molecule has 2 heterocycles. The zero-order chi connectivity index (χ0) is 19.1. The molecule has 7 heteroatoms. The summed E-state index contributed by atoms with van der Waals surface area (Å²) in [4.78, 5) is 25.7. The molecule has 1 aliphatic heterocycles. The minimum absolute atomic E-state index is 0.0514. The monoisotopic (exact) mass is 393 g/mol. The highest BCUT2D eigenvalue weighted by atomic mass is 32.2. The number of aromatic carboxylic acids is 1. The Bertz CT molecular complexity index is 1130. The minimum Gasteiger partial charge on any atom is -0.545 e. The number of hydrogen-bond acceptors (Lipinski definition) is 5. The number of aromatic nitrogens is 1. The quantitative estimate of drug-likeness (QED) is 0.506. The van der Waals surface area contributed by atoms with Crippen molar-refractivity contribution in [1.29, 1.82) is 0 Å². The number of nitrogens with zero attached hydrogens (tertiary/aromatic N) is 2. The number of aryl methyl sites for hydroxylation is 1. The van der Waals surface area contributed by atoms with E-state index < -0.39 is 5.97 Å². The molecule has 3 aromatic rings. The third kappa shape index (κ3) is 3.05. The van der Waals surface area contributed by atoms with Crippen molar-refractivity contribution >= 4 is 62.8 Å². The van der Waals surface area contributed by atoms with Gasteiger partial charge in [0.25, 0.3) is 5.91 Å². The number of para-hydroxylation sites is 1. The number of thiocarbonyl (C=S) groups is 1. The second-order valence-corrected chi connectivity index (χ2v) is 7.74. The molecule has 1 aliphatic rings. The zero-order valence-corrected chi connectivity index (χ0v) is 15.8. The van der Waals surface area contributed by atoms with Crippen LogP contribution in [0, 0.1) is 0 Å². The average molecular weight is 393 g/mol. The van der Waals surface area contributed by atoms with Crippen LogP contribution in [0.25, 0.3) is 17.0 Å². The number of carboxylic acid groups (broad SMARTS) is 1. The molecule has 0 spiro atoms. The normalized spacial score (nSPS) is 15.9. The largest absolute Gasteiger partial charge is 0.545 e. The Labute approximate surface area is 164 Å². The van der Waals surface area contributed by atoms with Crippen LogP contribution in [0.3, 0.4) is 0 Å². The van der Waals surface area contributed by atoms with Crippen molar-refractivity contribution in [3.63, 3.8) is 0 Å². The van der Waals surface area contributed by atoms with E-state index in [1.165, 1.54) is 28.8 Å². The van der Waals surface area contributed by atoms with Crippen molar-refractivity contribution in [3.05, 3.63) is 70.8 Å². The number of carbonyl (C=O) groups excluding carboxylic acids is 2. The van der Waals surface area contributed by atoms with Gasteiger partial charge in [-0.2, -0.15) is 0 Å². The molecule has 0 N–H and O–H groups in total. The van der Waals surface area contributed by atoms with Gasteiger partial charge in [-0.15, -0.1) is 0 Å². The maximum atomic E-state index is 12.9. The van der Waals surface area contributed by atoms with Crippen LogP contribution in [0.1, 0.15) is 15.9 Å². The maximum Gasteiger partial charge on any atom is 0.270 e. The van der Waals surface area contributed by atoms with Crippen molar-refractivity contribution in [3.8, 4) is 0 Å². The SMILES string of the molecule is Cn1cc(/C=C2\SC(=S)N(c3ccc(C(=O)[O-])cc3)C2=O)c2ccccc21. The molecule has 2 aromatic carbocycles. The van der Waals surface area contributed by atoms with Crippen molar-refractivity contribution < 1.29 is 14.7 Å². The number of hydrogen-bond donors (Lipinski definition) is 0. The summed E-state index contributed by atoms with van der Waals surface area (Å²) in [5, 5.41) is 12.0. The van der Waals surface area contributed by atoms with Crippen LogP contribution in [0.15, 0.2) is 59.6 Å². The van der Waals surface area contributed by atoms with E-state index in [0.29, 0.717) is 14.9 Å². The number of fused-ring (bicyclic) bond motifs is 1. The van der Waals surface area contributed by atoms with E-state index in [1.807, 2.05) is 48.2 Å². The number of benzene rings is 2. The molecular formula is C20H13N2O3S2-. The second-order valence-electron chi connectivity index (χ2n) is 6.06. The standard InChI is InChI=1S/C20H14N2O3S2/c1-21-11-13(15-4-2-3-5-16(15)21)10-17-18(23)22(20(26)27-17)14-8-6-12(7-9-14)19(24)25/h2-11H,1H3,(H,24,25)/p-1/b17-10-. The van der Waals surface area contributed by atoms with Gasteiger partial charge in [-0.25, -0.2) is 0 Å². The van der Waals surface area contributed by atoms with Gasteiger partial charge in [0.15, 0.2) is 4.32 Å². The van der Waals surface area contributed by atoms with Gasteiger partial charge in [0.05, 0.1) is 16.6 Å². The number of carboxylic acids is 1. The second kappa shape index (κ2) is 6.68. The predicted molar refractivity (Wildman–Crippen MR) is 109 cm³/mol. The Hall–Kier alpha value is -2.90. The van der Waals surface area contributed by atoms with Crippen molar-refractivity contribution in [2.75, 3.05) is 4.90 Å². The summed E-state index contributed by atoms with van der Waals surface area (Å²) in [6.07, 6.45) is 3.82. The van der Waals surface area contributed by atoms with E-state index in [4.69, 9.17) is 12.2 Å². The van der Waals surface area contributed by atoms with Gasteiger partial charge in [-0.05, 0) is 29.8 Å². The molecule has 1 amide bonds. The molecule has 0 unspecified atom stereocenters. The highest BCUT2D eigenvalue weighted by molar-refractivity contribution is 8.27. The lowest BCUT2D eigenvalue weighted by atomic mass is 10.1. The molecule has 0 radical (unpaired) electrons. The van der Waals surface area contributed by atoms with Gasteiger partial charge in [-0.3, -0.25) is 9.69 Å². The van der Waals surface area contributed by atoms with Gasteiger partial charge >= 0.3 is 0 Å². The average Bonchev–Trinajstić information content (AvgIpc) is 3.12. The summed E-state index contributed by atoms with van der Waals surface area (Å²) in [5.74, 6) is -1.48. The first-order valence-electron chi connectivity index (χ1n) is 8.09. The first-order valence-corrected chi connectivity index (χ1v) is 9.31. The van der Waals surface area contributed by atoms with E-state index in [9.17, 15) is 14.7 Å². The van der Waals surface area contributed by atoms with E-state index in [2.05, 4.69) is 0 Å². The Kier molecular flexibility index (Phi) is 4.33. The molecule has 4 rings (SSSR count). The van der Waals surface area contributed by atoms with Crippen LogP contribution in [0.2, 0.25) is 0 Å². The van der Waals surface area contributed by atoms with Crippen LogP contribution in [-0.4, -0.2) is 20.8 Å². The molecular weight excluding hydrogens is 380 g/mol. The van der Waals surface area contributed by atoms with Crippen molar-refractivity contribution in [1.82, 2.24) is 4.57 Å². The topological polar surface area (TPSA) is 65.4 Å². The summed E-state index contributed by atoms with van der Waals surface area (Å²) >= 11 is 6.60. The third-order valence-electron chi connectivity index (χ3n) is 4.37. The first-order chi connectivity index (χ1) is 13.0. The van der Waals surface area contributed by atoms with E-state index in [0.717, 1.165) is 16.5 Å². The predicted octanol–water partition coefficient (Wildman–Crippen LogP) is 2.95. The molecule has 0 saturated carbocycles. The van der Waals surface area contributed by atoms with E-state index in [1.54, 1.807) is 12.1 Å². The molecule has 0 aliphatic carbocycles. The summed E-state index contributed by atoms with van der Waals surface area (Å²) in [5.41, 5.74) is 2.61. The molecule has 0 bridgehead atoms. The highest BCUT2D eigenvalue weighted by Crippen LogP contribution is 2.37. The number of thioether (sulfide) groups is 1. The van der Waals surface area contributed by atoms with Crippen LogP contribution in [0.5, 0.6) is 0 Å². The number of amides is 1. The molecule has 0 atom stereocenters. The molecule has 27 heavy (non-hydrogen) atoms. The fourth-order valence-corrected chi connectivity index (χ4v) is 4.36. The molecule has 134 valence electrons.